The van der Waals surface area contributed by atoms with E-state index in [4.69, 9.17) is 9.57 Å². The third-order valence-corrected chi connectivity index (χ3v) is 9.09. The largest absolute Gasteiger partial charge is 0.494 e. The summed E-state index contributed by atoms with van der Waals surface area (Å²) in [6, 6.07) is 17.0. The molecular weight excluding hydrogens is 568 g/mol. The molecule has 238 valence electrons. The smallest absolute Gasteiger partial charge is 0.247 e. The van der Waals surface area contributed by atoms with Crippen LogP contribution < -0.4 is 25.3 Å². The standard InChI is InChI=1S/C34H44N8O3/c1-4-34(43)38-28-21-29(31(44-3)22-30(28)41-13-10-26(11-14-41)40-17-15-39(2)16-18-40)37-32-23-33(36-24-35-32)42-27(12-19-45-42)20-25-8-6-5-7-9-25/h4-9,21-24,26-27H,1,10-20H2,2-3H3,(H,38,43)(H,35,36,37)/t27-/m1/s1. The average Bonchev–Trinajstić information content (AvgIpc) is 3.54. The summed E-state index contributed by atoms with van der Waals surface area (Å²) in [5.74, 6) is 1.67. The quantitative estimate of drug-likeness (QED) is 0.322. The van der Waals surface area contributed by atoms with Crippen molar-refractivity contribution in [3.8, 4) is 5.75 Å². The Kier molecular flexibility index (Phi) is 9.78. The molecule has 0 radical (unpaired) electrons. The van der Waals surface area contributed by atoms with E-state index < -0.39 is 0 Å². The minimum Gasteiger partial charge on any atom is -0.494 e. The minimum atomic E-state index is -0.264. The van der Waals surface area contributed by atoms with Crippen molar-refractivity contribution in [1.29, 1.82) is 0 Å². The van der Waals surface area contributed by atoms with E-state index in [9.17, 15) is 4.79 Å². The van der Waals surface area contributed by atoms with Gasteiger partial charge in [-0.15, -0.1) is 0 Å². The average molecular weight is 613 g/mol. The molecular formula is C34H44N8O3. The van der Waals surface area contributed by atoms with Crippen LogP contribution in [0.5, 0.6) is 5.75 Å². The van der Waals surface area contributed by atoms with Crippen LogP contribution in [0.4, 0.5) is 28.7 Å². The van der Waals surface area contributed by atoms with Gasteiger partial charge in [0.15, 0.2) is 5.82 Å². The zero-order valence-electron chi connectivity index (χ0n) is 26.3. The molecule has 2 aromatic carbocycles. The number of nitrogens with zero attached hydrogens (tertiary/aromatic N) is 6. The van der Waals surface area contributed by atoms with Crippen molar-refractivity contribution in [1.82, 2.24) is 19.8 Å². The fourth-order valence-corrected chi connectivity index (χ4v) is 6.55. The van der Waals surface area contributed by atoms with Crippen LogP contribution in [0.1, 0.15) is 24.8 Å². The number of rotatable bonds is 10. The summed E-state index contributed by atoms with van der Waals surface area (Å²) < 4.78 is 5.86. The van der Waals surface area contributed by atoms with E-state index in [1.165, 1.54) is 18.0 Å². The molecule has 0 aliphatic carbocycles. The number of hydrogen-bond acceptors (Lipinski definition) is 10. The topological polar surface area (TPSA) is 98.3 Å². The molecule has 2 N–H and O–H groups in total. The number of hydroxylamine groups is 1. The number of carbonyl (C=O) groups excluding carboxylic acids is 1. The molecule has 11 nitrogen and oxygen atoms in total. The molecule has 4 heterocycles. The minimum absolute atomic E-state index is 0.171. The van der Waals surface area contributed by atoms with Gasteiger partial charge in [-0.1, -0.05) is 36.9 Å². The van der Waals surface area contributed by atoms with Crippen molar-refractivity contribution in [2.24, 2.45) is 0 Å². The highest BCUT2D eigenvalue weighted by molar-refractivity contribution is 6.02. The van der Waals surface area contributed by atoms with Crippen LogP contribution in [0.25, 0.3) is 0 Å². The molecule has 3 fully saturated rings. The Bertz CT molecular complexity index is 1460. The third kappa shape index (κ3) is 7.38. The molecule has 1 atom stereocenters. The molecule has 3 aromatic rings. The lowest BCUT2D eigenvalue weighted by atomic mass is 10.0. The summed E-state index contributed by atoms with van der Waals surface area (Å²) in [5, 5.41) is 8.32. The Morgan fingerprint density at radius 3 is 2.53 bits per heavy atom. The number of anilines is 5. The van der Waals surface area contributed by atoms with Crippen molar-refractivity contribution >= 4 is 34.6 Å². The van der Waals surface area contributed by atoms with E-state index in [1.54, 1.807) is 7.11 Å². The summed E-state index contributed by atoms with van der Waals surface area (Å²) >= 11 is 0. The lowest BCUT2D eigenvalue weighted by Crippen LogP contribution is -2.52. The normalized spacial score (nSPS) is 19.8. The van der Waals surface area contributed by atoms with E-state index in [-0.39, 0.29) is 11.9 Å². The van der Waals surface area contributed by atoms with Crippen LogP contribution in [-0.4, -0.2) is 97.8 Å². The zero-order chi connectivity index (χ0) is 31.2. The number of aromatic nitrogens is 2. The number of amides is 1. The van der Waals surface area contributed by atoms with E-state index in [0.717, 1.165) is 70.6 Å². The Labute approximate surface area is 265 Å². The van der Waals surface area contributed by atoms with Gasteiger partial charge in [0.1, 0.15) is 17.9 Å². The highest BCUT2D eigenvalue weighted by Gasteiger charge is 2.30. The maximum atomic E-state index is 12.5. The van der Waals surface area contributed by atoms with Gasteiger partial charge >= 0.3 is 0 Å². The Morgan fingerprint density at radius 1 is 1.02 bits per heavy atom. The second-order valence-corrected chi connectivity index (χ2v) is 12.0. The van der Waals surface area contributed by atoms with E-state index in [1.807, 2.05) is 29.3 Å². The summed E-state index contributed by atoms with van der Waals surface area (Å²) in [6.07, 6.45) is 6.75. The van der Waals surface area contributed by atoms with Gasteiger partial charge < -0.3 is 25.2 Å². The van der Waals surface area contributed by atoms with Crippen LogP contribution in [0.2, 0.25) is 0 Å². The molecule has 6 rings (SSSR count). The van der Waals surface area contributed by atoms with Crippen molar-refractivity contribution < 1.29 is 14.4 Å². The first-order chi connectivity index (χ1) is 22.0. The second-order valence-electron chi connectivity index (χ2n) is 12.0. The number of hydrogen-bond donors (Lipinski definition) is 2. The first-order valence-corrected chi connectivity index (χ1v) is 15.9. The van der Waals surface area contributed by atoms with E-state index in [0.29, 0.717) is 41.4 Å². The molecule has 45 heavy (non-hydrogen) atoms. The van der Waals surface area contributed by atoms with Crippen molar-refractivity contribution in [2.75, 3.05) is 80.6 Å². The summed E-state index contributed by atoms with van der Waals surface area (Å²) in [7, 11) is 3.85. The zero-order valence-corrected chi connectivity index (χ0v) is 26.3. The predicted octanol–water partition coefficient (Wildman–Crippen LogP) is 4.32. The summed E-state index contributed by atoms with van der Waals surface area (Å²) in [6.45, 7) is 10.6. The highest BCUT2D eigenvalue weighted by atomic mass is 16.7. The fourth-order valence-electron chi connectivity index (χ4n) is 6.55. The highest BCUT2D eigenvalue weighted by Crippen LogP contribution is 2.40. The first kappa shape index (κ1) is 30.8. The number of likely N-dealkylation sites (N-methyl/N-ethyl adjacent to an activating group) is 1. The number of piperidine rings is 1. The van der Waals surface area contributed by atoms with Gasteiger partial charge in [0.25, 0.3) is 0 Å². The maximum absolute atomic E-state index is 12.5. The van der Waals surface area contributed by atoms with Gasteiger partial charge in [0.05, 0.1) is 36.8 Å². The number of methoxy groups -OCH3 is 1. The maximum Gasteiger partial charge on any atom is 0.247 e. The van der Waals surface area contributed by atoms with E-state index >= 15 is 0 Å². The molecule has 0 spiro atoms. The summed E-state index contributed by atoms with van der Waals surface area (Å²) in [5.41, 5.74) is 3.57. The molecule has 0 saturated carbocycles. The molecule has 3 aliphatic heterocycles. The van der Waals surface area contributed by atoms with Crippen molar-refractivity contribution in [3.05, 3.63) is 73.1 Å². The fraction of sp³-hybridized carbons (Fsp3) is 0.441. The molecule has 0 unspecified atom stereocenters. The number of nitrogens with one attached hydrogen (secondary N) is 2. The number of piperazine rings is 1. The Balaban J connectivity index is 1.20. The number of carbonyl (C=O) groups is 1. The summed E-state index contributed by atoms with van der Waals surface area (Å²) in [4.78, 5) is 34.9. The van der Waals surface area contributed by atoms with E-state index in [2.05, 4.69) is 73.2 Å². The van der Waals surface area contributed by atoms with Crippen LogP contribution >= 0.6 is 0 Å². The molecule has 1 aromatic heterocycles. The molecule has 11 heteroatoms. The Hall–Kier alpha value is -4.19. The lowest BCUT2D eigenvalue weighted by molar-refractivity contribution is -0.111. The van der Waals surface area contributed by atoms with Crippen LogP contribution in [-0.2, 0) is 16.1 Å². The molecule has 3 aliphatic rings. The molecule has 3 saturated heterocycles. The van der Waals surface area contributed by atoms with Crippen LogP contribution in [0.15, 0.2) is 67.5 Å². The number of benzene rings is 2. The molecule has 1 amide bonds. The Morgan fingerprint density at radius 2 is 1.80 bits per heavy atom. The third-order valence-electron chi connectivity index (χ3n) is 9.09. The number of ether oxygens (including phenoxy) is 1. The van der Waals surface area contributed by atoms with Crippen molar-refractivity contribution in [3.63, 3.8) is 0 Å². The van der Waals surface area contributed by atoms with Gasteiger partial charge in [0, 0.05) is 57.4 Å². The molecule has 0 bridgehead atoms. The lowest BCUT2D eigenvalue weighted by Gasteiger charge is -2.43. The van der Waals surface area contributed by atoms with Gasteiger partial charge in [-0.2, -0.15) is 0 Å². The monoisotopic (exact) mass is 612 g/mol. The van der Waals surface area contributed by atoms with Gasteiger partial charge in [-0.3, -0.25) is 14.5 Å². The first-order valence-electron chi connectivity index (χ1n) is 15.9. The van der Waals surface area contributed by atoms with Crippen molar-refractivity contribution in [2.45, 2.75) is 37.8 Å². The second kappa shape index (κ2) is 14.3. The van der Waals surface area contributed by atoms with Gasteiger partial charge in [0.2, 0.25) is 5.91 Å². The van der Waals surface area contributed by atoms with Crippen LogP contribution in [0.3, 0.4) is 0 Å². The SMILES string of the molecule is C=CC(=O)Nc1cc(Nc2cc(N3OCC[C@@H]3Cc3ccccc3)ncn2)c(OC)cc1N1CCC(N2CCN(C)CC2)CC1. The predicted molar refractivity (Wildman–Crippen MR) is 178 cm³/mol. The van der Waals surface area contributed by atoms with Gasteiger partial charge in [-0.05, 0) is 50.4 Å². The van der Waals surface area contributed by atoms with Crippen LogP contribution in [0, 0.1) is 0 Å². The van der Waals surface area contributed by atoms with Gasteiger partial charge in [-0.25, -0.2) is 15.0 Å².